The maximum Gasteiger partial charge on any atom is 0.0555 e. The van der Waals surface area contributed by atoms with Crippen molar-refractivity contribution in [2.75, 3.05) is 39.3 Å². The van der Waals surface area contributed by atoms with Crippen molar-refractivity contribution in [2.24, 2.45) is 5.73 Å². The van der Waals surface area contributed by atoms with Crippen molar-refractivity contribution in [3.05, 3.63) is 21.9 Å². The second-order valence-electron chi connectivity index (χ2n) is 5.01. The smallest absolute Gasteiger partial charge is 0.0555 e. The van der Waals surface area contributed by atoms with Gasteiger partial charge in [-0.15, -0.1) is 11.3 Å². The van der Waals surface area contributed by atoms with Gasteiger partial charge >= 0.3 is 0 Å². The quantitative estimate of drug-likeness (QED) is 0.712. The molecule has 0 unspecified atom stereocenters. The van der Waals surface area contributed by atoms with E-state index in [2.05, 4.69) is 53.9 Å². The maximum absolute atomic E-state index is 5.46. The first kappa shape index (κ1) is 18.2. The van der Waals surface area contributed by atoms with E-state index in [4.69, 9.17) is 5.73 Å². The fraction of sp³-hybridized carbons (Fsp3) is 0.647. The van der Waals surface area contributed by atoms with E-state index >= 15 is 0 Å². The van der Waals surface area contributed by atoms with Crippen molar-refractivity contribution in [3.63, 3.8) is 0 Å². The van der Waals surface area contributed by atoms with Crippen LogP contribution in [0, 0.1) is 11.8 Å². The Morgan fingerprint density at radius 1 is 1.10 bits per heavy atom. The summed E-state index contributed by atoms with van der Waals surface area (Å²) < 4.78 is 0. The van der Waals surface area contributed by atoms with Crippen molar-refractivity contribution < 1.29 is 0 Å². The molecule has 0 radical (unpaired) electrons. The van der Waals surface area contributed by atoms with Crippen molar-refractivity contribution in [1.29, 1.82) is 0 Å². The monoisotopic (exact) mass is 307 g/mol. The lowest BCUT2D eigenvalue weighted by molar-refractivity contribution is 0.239. The van der Waals surface area contributed by atoms with E-state index in [1.165, 1.54) is 17.8 Å². The lowest BCUT2D eigenvalue weighted by atomic mass is 10.2. The lowest BCUT2D eigenvalue weighted by Gasteiger charge is -2.23. The van der Waals surface area contributed by atoms with Crippen LogP contribution >= 0.6 is 11.3 Å². The van der Waals surface area contributed by atoms with Crippen molar-refractivity contribution in [2.45, 2.75) is 33.7 Å². The van der Waals surface area contributed by atoms with Crippen LogP contribution in [0.3, 0.4) is 0 Å². The summed E-state index contributed by atoms with van der Waals surface area (Å²) in [6.07, 6.45) is 1.23. The maximum atomic E-state index is 5.46. The Hall–Kier alpha value is -0.860. The van der Waals surface area contributed by atoms with Gasteiger partial charge in [0.1, 0.15) is 0 Å². The molecule has 0 bridgehead atoms. The molecular weight excluding hydrogens is 278 g/mol. The molecule has 0 aliphatic heterocycles. The first-order chi connectivity index (χ1) is 10.2. The van der Waals surface area contributed by atoms with Gasteiger partial charge in [0.05, 0.1) is 6.54 Å². The van der Waals surface area contributed by atoms with Crippen LogP contribution in [0.2, 0.25) is 0 Å². The van der Waals surface area contributed by atoms with E-state index in [0.717, 1.165) is 38.3 Å². The Morgan fingerprint density at radius 2 is 1.76 bits per heavy atom. The molecule has 0 aromatic carbocycles. The molecule has 4 heteroatoms. The van der Waals surface area contributed by atoms with Gasteiger partial charge in [-0.3, -0.25) is 4.90 Å². The zero-order chi connectivity index (χ0) is 15.5. The van der Waals surface area contributed by atoms with Crippen molar-refractivity contribution in [1.82, 2.24) is 9.80 Å². The van der Waals surface area contributed by atoms with Gasteiger partial charge in [0.15, 0.2) is 0 Å². The molecule has 0 aliphatic rings. The largest absolute Gasteiger partial charge is 0.320 e. The van der Waals surface area contributed by atoms with E-state index in [-0.39, 0.29) is 0 Å². The van der Waals surface area contributed by atoms with Crippen LogP contribution in [0.1, 0.15) is 37.6 Å². The molecule has 0 atom stereocenters. The van der Waals surface area contributed by atoms with Gasteiger partial charge in [-0.05, 0) is 50.6 Å². The number of rotatable bonds is 9. The molecule has 0 amide bonds. The molecule has 0 fully saturated rings. The molecule has 0 aliphatic carbocycles. The average molecular weight is 308 g/mol. The van der Waals surface area contributed by atoms with E-state index in [9.17, 15) is 0 Å². The Morgan fingerprint density at radius 3 is 2.38 bits per heavy atom. The summed E-state index contributed by atoms with van der Waals surface area (Å²) in [5.74, 6) is 6.13. The van der Waals surface area contributed by atoms with E-state index < -0.39 is 0 Å². The SMILES string of the molecule is CCN(CC)CCCN(CC)Cc1sccc1C#CCN. The Kier molecular flexibility index (Phi) is 9.36. The van der Waals surface area contributed by atoms with E-state index in [0.29, 0.717) is 6.54 Å². The highest BCUT2D eigenvalue weighted by Gasteiger charge is 2.09. The zero-order valence-corrected chi connectivity index (χ0v) is 14.5. The topological polar surface area (TPSA) is 32.5 Å². The summed E-state index contributed by atoms with van der Waals surface area (Å²) in [6, 6.07) is 2.10. The minimum Gasteiger partial charge on any atom is -0.320 e. The molecule has 1 heterocycles. The summed E-state index contributed by atoms with van der Waals surface area (Å²) in [5, 5.41) is 2.12. The Labute approximate surface area is 134 Å². The summed E-state index contributed by atoms with van der Waals surface area (Å²) in [6.45, 7) is 13.8. The summed E-state index contributed by atoms with van der Waals surface area (Å²) in [5.41, 5.74) is 6.60. The standard InChI is InChI=1S/C17H29N3S/c1-4-19(5-2)12-8-13-20(6-3)15-17-16(9-7-11-18)10-14-21-17/h10,14H,4-6,8,11-13,15,18H2,1-3H3. The van der Waals surface area contributed by atoms with Gasteiger partial charge in [0.2, 0.25) is 0 Å². The number of nitrogens with zero attached hydrogens (tertiary/aromatic N) is 2. The molecule has 2 N–H and O–H groups in total. The molecule has 0 spiro atoms. The molecule has 21 heavy (non-hydrogen) atoms. The van der Waals surface area contributed by atoms with Crippen LogP contribution in [0.15, 0.2) is 11.4 Å². The molecule has 118 valence electrons. The third kappa shape index (κ3) is 6.62. The summed E-state index contributed by atoms with van der Waals surface area (Å²) in [4.78, 5) is 6.35. The highest BCUT2D eigenvalue weighted by molar-refractivity contribution is 7.10. The van der Waals surface area contributed by atoms with Gasteiger partial charge in [-0.1, -0.05) is 32.6 Å². The van der Waals surface area contributed by atoms with E-state index in [1.807, 2.05) is 0 Å². The summed E-state index contributed by atoms with van der Waals surface area (Å²) in [7, 11) is 0. The minimum atomic E-state index is 0.427. The third-order valence-electron chi connectivity index (χ3n) is 3.73. The number of hydrogen-bond acceptors (Lipinski definition) is 4. The molecular formula is C17H29N3S. The fourth-order valence-corrected chi connectivity index (χ4v) is 3.20. The van der Waals surface area contributed by atoms with Crippen LogP contribution < -0.4 is 5.73 Å². The van der Waals surface area contributed by atoms with Gasteiger partial charge in [0, 0.05) is 17.0 Å². The average Bonchev–Trinajstić information content (AvgIpc) is 2.95. The zero-order valence-electron chi connectivity index (χ0n) is 13.7. The highest BCUT2D eigenvalue weighted by Crippen LogP contribution is 2.18. The molecule has 0 saturated heterocycles. The second-order valence-corrected chi connectivity index (χ2v) is 6.01. The lowest BCUT2D eigenvalue weighted by Crippen LogP contribution is -2.29. The Bertz CT molecular complexity index is 440. The predicted octanol–water partition coefficient (Wildman–Crippen LogP) is 2.61. The molecule has 1 aromatic heterocycles. The second kappa shape index (κ2) is 10.8. The van der Waals surface area contributed by atoms with Crippen LogP contribution in [0.4, 0.5) is 0 Å². The molecule has 0 saturated carbocycles. The first-order valence-electron chi connectivity index (χ1n) is 7.95. The third-order valence-corrected chi connectivity index (χ3v) is 4.63. The van der Waals surface area contributed by atoms with Gasteiger partial charge in [-0.25, -0.2) is 0 Å². The fourth-order valence-electron chi connectivity index (χ4n) is 2.33. The normalized spacial score (nSPS) is 11.0. The number of thiophene rings is 1. The molecule has 1 aromatic rings. The molecule has 1 rings (SSSR count). The Balaban J connectivity index is 2.48. The first-order valence-corrected chi connectivity index (χ1v) is 8.83. The number of nitrogens with two attached hydrogens (primary N) is 1. The predicted molar refractivity (Wildman–Crippen MR) is 93.6 cm³/mol. The van der Waals surface area contributed by atoms with Crippen LogP contribution in [-0.4, -0.2) is 49.1 Å². The summed E-state index contributed by atoms with van der Waals surface area (Å²) >= 11 is 1.80. The van der Waals surface area contributed by atoms with Crippen molar-refractivity contribution in [3.8, 4) is 11.8 Å². The van der Waals surface area contributed by atoms with Gasteiger partial charge in [0.25, 0.3) is 0 Å². The van der Waals surface area contributed by atoms with Crippen LogP contribution in [-0.2, 0) is 6.54 Å². The van der Waals surface area contributed by atoms with E-state index in [1.54, 1.807) is 11.3 Å². The van der Waals surface area contributed by atoms with Crippen molar-refractivity contribution >= 4 is 11.3 Å². The van der Waals surface area contributed by atoms with Gasteiger partial charge in [-0.2, -0.15) is 0 Å². The number of hydrogen-bond donors (Lipinski definition) is 1. The highest BCUT2D eigenvalue weighted by atomic mass is 32.1. The van der Waals surface area contributed by atoms with Crippen LogP contribution in [0.25, 0.3) is 0 Å². The minimum absolute atomic E-state index is 0.427. The van der Waals surface area contributed by atoms with Gasteiger partial charge < -0.3 is 10.6 Å². The molecule has 3 nitrogen and oxygen atoms in total. The van der Waals surface area contributed by atoms with Crippen LogP contribution in [0.5, 0.6) is 0 Å².